The molecule has 1 saturated carbocycles. The van der Waals surface area contributed by atoms with Gasteiger partial charge in [0, 0.05) is 12.5 Å². The summed E-state index contributed by atoms with van der Waals surface area (Å²) in [5.41, 5.74) is -1.14. The van der Waals surface area contributed by atoms with Crippen LogP contribution < -0.4 is 4.74 Å². The Balaban J connectivity index is 1.98. The van der Waals surface area contributed by atoms with Crippen LogP contribution in [0.4, 0.5) is 4.39 Å². The molecular formula is C17H20FN3O2S. The highest BCUT2D eigenvalue weighted by molar-refractivity contribution is 7.80. The number of hydrogen-bond donors (Lipinski definition) is 1. The molecule has 0 amide bonds. The summed E-state index contributed by atoms with van der Waals surface area (Å²) in [4.78, 5) is 4.01. The lowest BCUT2D eigenvalue weighted by Crippen LogP contribution is -2.40. The van der Waals surface area contributed by atoms with Crippen LogP contribution in [0.5, 0.6) is 6.01 Å². The summed E-state index contributed by atoms with van der Waals surface area (Å²) in [5.74, 6) is -0.184. The van der Waals surface area contributed by atoms with E-state index in [9.17, 15) is 9.50 Å². The van der Waals surface area contributed by atoms with Crippen molar-refractivity contribution in [2.24, 2.45) is 11.8 Å². The monoisotopic (exact) mass is 349 g/mol. The minimum atomic E-state index is -1.41. The summed E-state index contributed by atoms with van der Waals surface area (Å²) in [6.07, 6.45) is 3.41. The van der Waals surface area contributed by atoms with Crippen LogP contribution in [0, 0.1) is 17.7 Å². The van der Waals surface area contributed by atoms with Crippen LogP contribution in [0.2, 0.25) is 0 Å². The molecule has 0 bridgehead atoms. The normalized spacial score (nSPS) is 18.0. The maximum atomic E-state index is 14.4. The molecule has 2 atom stereocenters. The minimum Gasteiger partial charge on any atom is -0.417 e. The Labute approximate surface area is 145 Å². The molecule has 5 nitrogen and oxygen atoms in total. The van der Waals surface area contributed by atoms with Crippen LogP contribution in [0.15, 0.2) is 30.6 Å². The lowest BCUT2D eigenvalue weighted by molar-refractivity contribution is -0.0480. The smallest absolute Gasteiger partial charge is 0.320 e. The van der Waals surface area contributed by atoms with Gasteiger partial charge in [0.2, 0.25) is 0 Å². The van der Waals surface area contributed by atoms with E-state index >= 15 is 0 Å². The number of rotatable bonds is 6. The molecule has 1 aliphatic rings. The first-order chi connectivity index (χ1) is 11.4. The van der Waals surface area contributed by atoms with Crippen molar-refractivity contribution in [1.29, 1.82) is 0 Å². The molecule has 1 unspecified atom stereocenters. The predicted molar refractivity (Wildman–Crippen MR) is 91.1 cm³/mol. The average molecular weight is 349 g/mol. The highest BCUT2D eigenvalue weighted by Crippen LogP contribution is 2.47. The number of nitrogens with zero attached hydrogens (tertiary/aromatic N) is 3. The van der Waals surface area contributed by atoms with Gasteiger partial charge in [-0.05, 0) is 43.0 Å². The van der Waals surface area contributed by atoms with Crippen LogP contribution in [0.1, 0.15) is 32.3 Å². The standard InChI is InChI=1S/C17H20FN3O2S/c1-11(13-7-8-13)17(22,14-5-3-4-6-15(14)18)9-21-16(19-10-20-21)23-12(2)24/h3-6,10-11,13,22H,7-9H2,1-2H3/t11?,17-/m0/s1. The van der Waals surface area contributed by atoms with Crippen LogP contribution >= 0.6 is 12.2 Å². The molecule has 24 heavy (non-hydrogen) atoms. The maximum absolute atomic E-state index is 14.4. The Morgan fingerprint density at radius 3 is 2.83 bits per heavy atom. The van der Waals surface area contributed by atoms with Gasteiger partial charge in [-0.25, -0.2) is 9.07 Å². The Morgan fingerprint density at radius 1 is 1.50 bits per heavy atom. The zero-order chi connectivity index (χ0) is 17.3. The van der Waals surface area contributed by atoms with Crippen molar-refractivity contribution in [2.75, 3.05) is 0 Å². The number of aliphatic hydroxyl groups is 1. The summed E-state index contributed by atoms with van der Waals surface area (Å²) in [7, 11) is 0. The van der Waals surface area contributed by atoms with E-state index in [-0.39, 0.29) is 24.0 Å². The average Bonchev–Trinajstić information content (AvgIpc) is 3.30. The molecular weight excluding hydrogens is 329 g/mol. The Hall–Kier alpha value is -1.86. The number of benzene rings is 1. The number of aromatic nitrogens is 3. The molecule has 0 radical (unpaired) electrons. The van der Waals surface area contributed by atoms with Crippen LogP contribution in [-0.2, 0) is 12.1 Å². The van der Waals surface area contributed by atoms with E-state index in [1.165, 1.54) is 17.1 Å². The summed E-state index contributed by atoms with van der Waals surface area (Å²) in [5, 5.41) is 15.9. The molecule has 1 aromatic heterocycles. The highest BCUT2D eigenvalue weighted by atomic mass is 32.1. The molecule has 1 fully saturated rings. The van der Waals surface area contributed by atoms with Crippen molar-refractivity contribution in [2.45, 2.75) is 38.8 Å². The van der Waals surface area contributed by atoms with Gasteiger partial charge in [-0.15, -0.1) is 0 Å². The molecule has 1 aromatic carbocycles. The lowest BCUT2D eigenvalue weighted by Gasteiger charge is -2.35. The van der Waals surface area contributed by atoms with E-state index in [4.69, 9.17) is 17.0 Å². The van der Waals surface area contributed by atoms with Crippen molar-refractivity contribution in [1.82, 2.24) is 14.8 Å². The predicted octanol–water partition coefficient (Wildman–Crippen LogP) is 3.08. The molecule has 1 heterocycles. The fraction of sp³-hybridized carbons (Fsp3) is 0.471. The number of hydrogen-bond acceptors (Lipinski definition) is 5. The van der Waals surface area contributed by atoms with Crippen molar-refractivity contribution in [3.05, 3.63) is 42.0 Å². The van der Waals surface area contributed by atoms with E-state index in [1.807, 2.05) is 6.92 Å². The first-order valence-electron chi connectivity index (χ1n) is 7.95. The number of halogens is 1. The van der Waals surface area contributed by atoms with Crippen LogP contribution in [0.3, 0.4) is 0 Å². The third kappa shape index (κ3) is 3.32. The summed E-state index contributed by atoms with van der Waals surface area (Å²) in [6.45, 7) is 3.62. The Bertz CT molecular complexity index is 747. The highest BCUT2D eigenvalue weighted by Gasteiger charge is 2.46. The van der Waals surface area contributed by atoms with Crippen molar-refractivity contribution < 1.29 is 14.2 Å². The van der Waals surface area contributed by atoms with Gasteiger partial charge in [-0.2, -0.15) is 10.1 Å². The van der Waals surface area contributed by atoms with E-state index in [0.717, 1.165) is 12.8 Å². The molecule has 2 aromatic rings. The quantitative estimate of drug-likeness (QED) is 0.812. The topological polar surface area (TPSA) is 60.2 Å². The molecule has 7 heteroatoms. The molecule has 0 saturated heterocycles. The molecule has 0 spiro atoms. The second-order valence-electron chi connectivity index (χ2n) is 6.32. The second-order valence-corrected chi connectivity index (χ2v) is 6.90. The molecule has 1 N–H and O–H groups in total. The molecule has 3 rings (SSSR count). The van der Waals surface area contributed by atoms with Crippen LogP contribution in [-0.4, -0.2) is 24.9 Å². The van der Waals surface area contributed by atoms with Gasteiger partial charge in [-0.1, -0.05) is 25.1 Å². The van der Waals surface area contributed by atoms with Gasteiger partial charge in [0.05, 0.1) is 6.54 Å². The molecule has 128 valence electrons. The van der Waals surface area contributed by atoms with Crippen molar-refractivity contribution in [3.8, 4) is 6.01 Å². The van der Waals surface area contributed by atoms with Crippen molar-refractivity contribution in [3.63, 3.8) is 0 Å². The second kappa shape index (κ2) is 6.57. The lowest BCUT2D eigenvalue weighted by atomic mass is 9.79. The van der Waals surface area contributed by atoms with E-state index in [2.05, 4.69) is 10.1 Å². The SMILES string of the molecule is CC(=S)Oc1ncnn1C[C@@](O)(c1ccccc1F)C(C)C1CC1. The van der Waals surface area contributed by atoms with Gasteiger partial charge in [0.1, 0.15) is 17.7 Å². The third-order valence-corrected chi connectivity index (χ3v) is 4.71. The zero-order valence-corrected chi connectivity index (χ0v) is 14.5. The summed E-state index contributed by atoms with van der Waals surface area (Å²) in [6, 6.07) is 6.51. The number of thiocarbonyl (C=S) groups is 1. The van der Waals surface area contributed by atoms with Gasteiger partial charge < -0.3 is 9.84 Å². The zero-order valence-electron chi connectivity index (χ0n) is 13.6. The van der Waals surface area contributed by atoms with Gasteiger partial charge >= 0.3 is 6.01 Å². The van der Waals surface area contributed by atoms with Gasteiger partial charge in [0.15, 0.2) is 5.05 Å². The number of ether oxygens (including phenoxy) is 1. The van der Waals surface area contributed by atoms with Crippen LogP contribution in [0.25, 0.3) is 0 Å². The molecule has 0 aliphatic heterocycles. The summed E-state index contributed by atoms with van der Waals surface area (Å²) >= 11 is 4.94. The van der Waals surface area contributed by atoms with E-state index < -0.39 is 11.4 Å². The van der Waals surface area contributed by atoms with E-state index in [1.54, 1.807) is 25.1 Å². The third-order valence-electron chi connectivity index (χ3n) is 4.63. The maximum Gasteiger partial charge on any atom is 0.320 e. The van der Waals surface area contributed by atoms with Gasteiger partial charge in [-0.3, -0.25) is 0 Å². The first kappa shape index (κ1) is 17.0. The fourth-order valence-electron chi connectivity index (χ4n) is 3.07. The summed E-state index contributed by atoms with van der Waals surface area (Å²) < 4.78 is 21.2. The van der Waals surface area contributed by atoms with E-state index in [0.29, 0.717) is 11.0 Å². The largest absolute Gasteiger partial charge is 0.417 e. The minimum absolute atomic E-state index is 0.0452. The van der Waals surface area contributed by atoms with Gasteiger partial charge in [0.25, 0.3) is 0 Å². The van der Waals surface area contributed by atoms with Crippen molar-refractivity contribution >= 4 is 17.3 Å². The first-order valence-corrected chi connectivity index (χ1v) is 8.36. The molecule has 1 aliphatic carbocycles. The Kier molecular flexibility index (Phi) is 4.64. The fourth-order valence-corrected chi connectivity index (χ4v) is 3.15. The Morgan fingerprint density at radius 2 is 2.21 bits per heavy atom.